The number of nitrogens with zero attached hydrogens (tertiary/aromatic N) is 2. The molecular weight excluding hydrogens is 380 g/mol. The number of benzene rings is 1. The second-order valence-corrected chi connectivity index (χ2v) is 7.70. The summed E-state index contributed by atoms with van der Waals surface area (Å²) in [7, 11) is 0. The normalized spacial score (nSPS) is 11.3. The summed E-state index contributed by atoms with van der Waals surface area (Å²) < 4.78 is 7.07. The zero-order valence-electron chi connectivity index (χ0n) is 15.8. The smallest absolute Gasteiger partial charge is 0.272 e. The van der Waals surface area contributed by atoms with Crippen LogP contribution in [0.4, 0.5) is 0 Å². The topological polar surface area (TPSA) is 89.2 Å². The summed E-state index contributed by atoms with van der Waals surface area (Å²) in [6.07, 6.45) is 1.55. The van der Waals surface area contributed by atoms with Gasteiger partial charge in [0.15, 0.2) is 11.5 Å². The Morgan fingerprint density at radius 2 is 1.89 bits per heavy atom. The molecule has 0 aliphatic rings. The summed E-state index contributed by atoms with van der Waals surface area (Å²) in [5.41, 5.74) is 1.13. The van der Waals surface area contributed by atoms with Gasteiger partial charge in [0.2, 0.25) is 5.91 Å². The Balaban J connectivity index is 1.84. The number of halogens is 1. The first-order chi connectivity index (χ1) is 13.2. The molecule has 0 fully saturated rings. The number of rotatable bonds is 5. The van der Waals surface area contributed by atoms with E-state index in [-0.39, 0.29) is 23.7 Å². The van der Waals surface area contributed by atoms with Crippen molar-refractivity contribution < 1.29 is 14.0 Å². The molecular formula is C20H21ClN4O3. The third kappa shape index (κ3) is 4.80. The molecule has 146 valence electrons. The number of amides is 2. The first-order valence-electron chi connectivity index (χ1n) is 8.72. The first-order valence-corrected chi connectivity index (χ1v) is 9.10. The largest absolute Gasteiger partial charge is 0.463 e. The lowest BCUT2D eigenvalue weighted by atomic mass is 10.1. The van der Waals surface area contributed by atoms with E-state index in [0.717, 1.165) is 5.69 Å². The van der Waals surface area contributed by atoms with E-state index in [2.05, 4.69) is 15.7 Å². The van der Waals surface area contributed by atoms with E-state index >= 15 is 0 Å². The van der Waals surface area contributed by atoms with Crippen LogP contribution in [0.2, 0.25) is 5.02 Å². The van der Waals surface area contributed by atoms with Crippen molar-refractivity contribution in [3.05, 3.63) is 59.4 Å². The van der Waals surface area contributed by atoms with Gasteiger partial charge in [-0.1, -0.05) is 11.6 Å². The lowest BCUT2D eigenvalue weighted by molar-refractivity contribution is -0.121. The van der Waals surface area contributed by atoms with Crippen molar-refractivity contribution in [3.8, 4) is 17.1 Å². The molecule has 1 aromatic carbocycles. The van der Waals surface area contributed by atoms with E-state index in [1.54, 1.807) is 53.4 Å². The van der Waals surface area contributed by atoms with Gasteiger partial charge in [0.25, 0.3) is 5.91 Å². The molecule has 2 aromatic heterocycles. The third-order valence-corrected chi connectivity index (χ3v) is 3.96. The minimum atomic E-state index is -0.454. The number of furan rings is 1. The van der Waals surface area contributed by atoms with Crippen LogP contribution in [-0.2, 0) is 4.79 Å². The highest BCUT2D eigenvalue weighted by Gasteiger charge is 2.20. The minimum Gasteiger partial charge on any atom is -0.463 e. The average Bonchev–Trinajstić information content (AvgIpc) is 3.28. The molecule has 0 bridgehead atoms. The predicted molar refractivity (Wildman–Crippen MR) is 107 cm³/mol. The molecule has 3 aromatic rings. The van der Waals surface area contributed by atoms with Gasteiger partial charge < -0.3 is 15.1 Å². The van der Waals surface area contributed by atoms with Crippen LogP contribution >= 0.6 is 11.6 Å². The molecule has 0 saturated heterocycles. The Hall–Kier alpha value is -3.06. The highest BCUT2D eigenvalue weighted by molar-refractivity contribution is 6.30. The van der Waals surface area contributed by atoms with E-state index in [1.165, 1.54) is 0 Å². The molecule has 0 atom stereocenters. The Morgan fingerprint density at radius 1 is 1.18 bits per heavy atom. The van der Waals surface area contributed by atoms with Gasteiger partial charge in [-0.3, -0.25) is 9.59 Å². The highest BCUT2D eigenvalue weighted by Crippen LogP contribution is 2.25. The lowest BCUT2D eigenvalue weighted by Gasteiger charge is -2.20. The molecule has 2 heterocycles. The maximum absolute atomic E-state index is 12.5. The van der Waals surface area contributed by atoms with Crippen LogP contribution < -0.4 is 10.6 Å². The molecule has 0 radical (unpaired) electrons. The fourth-order valence-electron chi connectivity index (χ4n) is 2.58. The van der Waals surface area contributed by atoms with Crippen molar-refractivity contribution in [2.45, 2.75) is 26.3 Å². The van der Waals surface area contributed by atoms with Gasteiger partial charge in [-0.05, 0) is 57.2 Å². The molecule has 7 nitrogen and oxygen atoms in total. The zero-order valence-corrected chi connectivity index (χ0v) is 16.6. The molecule has 0 aliphatic heterocycles. The standard InChI is InChI=1S/C20H21ClN4O3/c1-20(2,3)23-18(26)12-22-19(27)15-11-16(17-5-4-10-28-17)25(24-15)14-8-6-13(21)7-9-14/h4-11H,12H2,1-3H3,(H,22,27)(H,23,26). The van der Waals surface area contributed by atoms with Crippen LogP contribution in [0.1, 0.15) is 31.3 Å². The summed E-state index contributed by atoms with van der Waals surface area (Å²) in [6.45, 7) is 5.47. The molecule has 0 spiro atoms. The summed E-state index contributed by atoms with van der Waals surface area (Å²) in [5.74, 6) is -0.166. The molecule has 2 N–H and O–H groups in total. The number of carbonyl (C=O) groups excluding carboxylic acids is 2. The summed E-state index contributed by atoms with van der Waals surface area (Å²) in [6, 6.07) is 12.2. The van der Waals surface area contributed by atoms with E-state index in [1.807, 2.05) is 20.8 Å². The lowest BCUT2D eigenvalue weighted by Crippen LogP contribution is -2.45. The Morgan fingerprint density at radius 3 is 2.50 bits per heavy atom. The van der Waals surface area contributed by atoms with Crippen molar-refractivity contribution in [1.29, 1.82) is 0 Å². The molecule has 0 saturated carbocycles. The van der Waals surface area contributed by atoms with Gasteiger partial charge in [0.05, 0.1) is 18.5 Å². The average molecular weight is 401 g/mol. The second kappa shape index (κ2) is 7.90. The molecule has 0 unspecified atom stereocenters. The second-order valence-electron chi connectivity index (χ2n) is 7.26. The van der Waals surface area contributed by atoms with Gasteiger partial charge in [-0.2, -0.15) is 5.10 Å². The Bertz CT molecular complexity index is 970. The van der Waals surface area contributed by atoms with Gasteiger partial charge in [0, 0.05) is 16.6 Å². The van der Waals surface area contributed by atoms with Crippen molar-refractivity contribution in [2.24, 2.45) is 0 Å². The van der Waals surface area contributed by atoms with Crippen molar-refractivity contribution in [1.82, 2.24) is 20.4 Å². The number of nitrogens with one attached hydrogen (secondary N) is 2. The van der Waals surface area contributed by atoms with Crippen molar-refractivity contribution in [2.75, 3.05) is 6.54 Å². The van der Waals surface area contributed by atoms with E-state index < -0.39 is 5.91 Å². The fraction of sp³-hybridized carbons (Fsp3) is 0.250. The number of aromatic nitrogens is 2. The van der Waals surface area contributed by atoms with Gasteiger partial charge in [-0.25, -0.2) is 4.68 Å². The van der Waals surface area contributed by atoms with Crippen LogP contribution in [0.25, 0.3) is 17.1 Å². The van der Waals surface area contributed by atoms with Crippen LogP contribution in [0.5, 0.6) is 0 Å². The van der Waals surface area contributed by atoms with Crippen molar-refractivity contribution in [3.63, 3.8) is 0 Å². The van der Waals surface area contributed by atoms with Crippen LogP contribution in [0, 0.1) is 0 Å². The van der Waals surface area contributed by atoms with Gasteiger partial charge in [0.1, 0.15) is 5.69 Å². The zero-order chi connectivity index (χ0) is 20.3. The molecule has 8 heteroatoms. The summed E-state index contributed by atoms with van der Waals surface area (Å²) in [5, 5.41) is 10.4. The van der Waals surface area contributed by atoms with Crippen LogP contribution in [-0.4, -0.2) is 33.7 Å². The fourth-order valence-corrected chi connectivity index (χ4v) is 2.71. The van der Waals surface area contributed by atoms with Crippen LogP contribution in [0.15, 0.2) is 53.1 Å². The van der Waals surface area contributed by atoms with E-state index in [0.29, 0.717) is 16.5 Å². The summed E-state index contributed by atoms with van der Waals surface area (Å²) in [4.78, 5) is 24.4. The highest BCUT2D eigenvalue weighted by atomic mass is 35.5. The van der Waals surface area contributed by atoms with Crippen LogP contribution in [0.3, 0.4) is 0 Å². The number of hydrogen-bond donors (Lipinski definition) is 2. The maximum Gasteiger partial charge on any atom is 0.272 e. The quantitative estimate of drug-likeness (QED) is 0.686. The first kappa shape index (κ1) is 19.7. The summed E-state index contributed by atoms with van der Waals surface area (Å²) >= 11 is 5.96. The van der Waals surface area contributed by atoms with Gasteiger partial charge >= 0.3 is 0 Å². The molecule has 3 rings (SSSR count). The number of hydrogen-bond acceptors (Lipinski definition) is 4. The minimum absolute atomic E-state index is 0.139. The number of carbonyl (C=O) groups is 2. The third-order valence-electron chi connectivity index (χ3n) is 3.71. The Kier molecular flexibility index (Phi) is 5.56. The monoisotopic (exact) mass is 400 g/mol. The predicted octanol–water partition coefficient (Wildman–Crippen LogP) is 3.43. The van der Waals surface area contributed by atoms with E-state index in [9.17, 15) is 9.59 Å². The maximum atomic E-state index is 12.5. The molecule has 2 amide bonds. The SMILES string of the molecule is CC(C)(C)NC(=O)CNC(=O)c1cc(-c2ccco2)n(-c2ccc(Cl)cc2)n1. The van der Waals surface area contributed by atoms with Crippen molar-refractivity contribution >= 4 is 23.4 Å². The molecule has 28 heavy (non-hydrogen) atoms. The van der Waals surface area contributed by atoms with Gasteiger partial charge in [-0.15, -0.1) is 0 Å². The Labute approximate surface area is 167 Å². The van der Waals surface area contributed by atoms with E-state index in [4.69, 9.17) is 16.0 Å². The molecule has 0 aliphatic carbocycles.